The molecule has 0 N–H and O–H groups in total. The normalized spacial score (nSPS) is 14.1. The second-order valence-electron chi connectivity index (χ2n) is 6.18. The summed E-state index contributed by atoms with van der Waals surface area (Å²) in [5.74, 6) is 0.114. The van der Waals surface area contributed by atoms with Crippen LogP contribution >= 0.6 is 11.3 Å². The van der Waals surface area contributed by atoms with E-state index in [0.29, 0.717) is 6.54 Å². The maximum absolute atomic E-state index is 13.1. The van der Waals surface area contributed by atoms with E-state index in [1.807, 2.05) is 36.9 Å². The van der Waals surface area contributed by atoms with Crippen LogP contribution in [0.1, 0.15) is 32.1 Å². The molecule has 3 heterocycles. The van der Waals surface area contributed by atoms with E-state index in [9.17, 15) is 4.79 Å². The van der Waals surface area contributed by atoms with E-state index in [4.69, 9.17) is 0 Å². The molecule has 4 rings (SSSR count). The van der Waals surface area contributed by atoms with Gasteiger partial charge in [0.25, 0.3) is 5.91 Å². The first kappa shape index (κ1) is 14.4. The number of aromatic nitrogens is 1. The number of hydrogen-bond donors (Lipinski definition) is 0. The molecule has 0 fully saturated rings. The lowest BCUT2D eigenvalue weighted by atomic mass is 10.0. The Bertz CT molecular complexity index is 913. The zero-order chi connectivity index (χ0) is 16.0. The average molecular weight is 322 g/mol. The average Bonchev–Trinajstić information content (AvgIpc) is 3.01. The van der Waals surface area contributed by atoms with Gasteiger partial charge in [-0.05, 0) is 55.5 Å². The fourth-order valence-electron chi connectivity index (χ4n) is 3.24. The number of pyridine rings is 1. The molecular formula is C19H18N2OS. The number of hydrogen-bond acceptors (Lipinski definition) is 3. The zero-order valence-corrected chi connectivity index (χ0v) is 14.1. The number of thiophene rings is 1. The molecule has 1 amide bonds. The Hall–Kier alpha value is -2.20. The topological polar surface area (TPSA) is 33.2 Å². The molecule has 4 heteroatoms. The Balaban J connectivity index is 1.77. The van der Waals surface area contributed by atoms with Crippen LogP contribution in [0.3, 0.4) is 0 Å². The number of amides is 1. The van der Waals surface area contributed by atoms with Crippen LogP contribution in [-0.2, 0) is 13.0 Å². The van der Waals surface area contributed by atoms with Crippen molar-refractivity contribution in [1.82, 2.24) is 9.88 Å². The quantitative estimate of drug-likeness (QED) is 0.675. The van der Waals surface area contributed by atoms with E-state index in [-0.39, 0.29) is 5.91 Å². The largest absolute Gasteiger partial charge is 0.334 e. The molecule has 116 valence electrons. The molecule has 23 heavy (non-hydrogen) atoms. The van der Waals surface area contributed by atoms with Gasteiger partial charge in [0.2, 0.25) is 0 Å². The molecule has 2 aromatic heterocycles. The van der Waals surface area contributed by atoms with E-state index >= 15 is 0 Å². The summed E-state index contributed by atoms with van der Waals surface area (Å²) in [5.41, 5.74) is 5.00. The summed E-state index contributed by atoms with van der Waals surface area (Å²) >= 11 is 1.79. The van der Waals surface area contributed by atoms with Gasteiger partial charge in [-0.25, -0.2) is 0 Å². The van der Waals surface area contributed by atoms with Crippen LogP contribution in [-0.4, -0.2) is 22.3 Å². The Labute approximate surface area is 139 Å². The molecule has 3 nitrogen and oxygen atoms in total. The molecule has 0 aliphatic carbocycles. The van der Waals surface area contributed by atoms with Crippen molar-refractivity contribution in [3.05, 3.63) is 63.0 Å². The van der Waals surface area contributed by atoms with Crippen LogP contribution in [0.25, 0.3) is 10.9 Å². The molecule has 1 aliphatic rings. The van der Waals surface area contributed by atoms with Gasteiger partial charge in [0.15, 0.2) is 0 Å². The molecule has 1 aromatic carbocycles. The first-order valence-electron chi connectivity index (χ1n) is 7.84. The van der Waals surface area contributed by atoms with Gasteiger partial charge < -0.3 is 4.90 Å². The highest BCUT2D eigenvalue weighted by molar-refractivity contribution is 7.10. The fraction of sp³-hybridized carbons (Fsp3) is 0.263. The second-order valence-corrected chi connectivity index (χ2v) is 7.18. The maximum atomic E-state index is 13.1. The predicted octanol–water partition coefficient (Wildman–Crippen LogP) is 4.11. The summed E-state index contributed by atoms with van der Waals surface area (Å²) in [6, 6.07) is 10.2. The molecule has 0 bridgehead atoms. The minimum Gasteiger partial charge on any atom is -0.334 e. The highest BCUT2D eigenvalue weighted by atomic mass is 32.1. The van der Waals surface area contributed by atoms with E-state index in [1.165, 1.54) is 10.4 Å². The number of carbonyl (C=O) groups is 1. The SMILES string of the molecule is Cc1ccc2nc(C)cc(C(=O)N3CCc4sccc4C3)c2c1. The van der Waals surface area contributed by atoms with Crippen LogP contribution in [0.15, 0.2) is 35.7 Å². The van der Waals surface area contributed by atoms with Crippen LogP contribution in [0.2, 0.25) is 0 Å². The van der Waals surface area contributed by atoms with Crippen LogP contribution < -0.4 is 0 Å². The third kappa shape index (κ3) is 2.53. The van der Waals surface area contributed by atoms with Gasteiger partial charge in [-0.2, -0.15) is 0 Å². The first-order chi connectivity index (χ1) is 11.1. The Morgan fingerprint density at radius 1 is 1.22 bits per heavy atom. The molecule has 1 aliphatic heterocycles. The Kier molecular flexibility index (Phi) is 3.42. The number of benzene rings is 1. The van der Waals surface area contributed by atoms with E-state index < -0.39 is 0 Å². The van der Waals surface area contributed by atoms with Crippen LogP contribution in [0.4, 0.5) is 0 Å². The summed E-state index contributed by atoms with van der Waals surface area (Å²) in [4.78, 5) is 21.1. The third-order valence-corrected chi connectivity index (χ3v) is 5.44. The predicted molar refractivity (Wildman–Crippen MR) is 94.0 cm³/mol. The molecule has 0 radical (unpaired) electrons. The highest BCUT2D eigenvalue weighted by Crippen LogP contribution is 2.27. The van der Waals surface area contributed by atoms with Gasteiger partial charge in [0.05, 0.1) is 11.1 Å². The van der Waals surface area contributed by atoms with Gasteiger partial charge in [-0.15, -0.1) is 11.3 Å². The van der Waals surface area contributed by atoms with Gasteiger partial charge in [0, 0.05) is 29.0 Å². The van der Waals surface area contributed by atoms with Crippen molar-refractivity contribution in [2.75, 3.05) is 6.54 Å². The summed E-state index contributed by atoms with van der Waals surface area (Å²) in [6.45, 7) is 5.50. The number of nitrogens with zero attached hydrogens (tertiary/aromatic N) is 2. The van der Waals surface area contributed by atoms with Crippen molar-refractivity contribution in [1.29, 1.82) is 0 Å². The van der Waals surface area contributed by atoms with Crippen molar-refractivity contribution in [2.45, 2.75) is 26.8 Å². The monoisotopic (exact) mass is 322 g/mol. The zero-order valence-electron chi connectivity index (χ0n) is 13.3. The van der Waals surface area contributed by atoms with Crippen molar-refractivity contribution < 1.29 is 4.79 Å². The highest BCUT2D eigenvalue weighted by Gasteiger charge is 2.24. The van der Waals surface area contributed by atoms with E-state index in [1.54, 1.807) is 11.3 Å². The molecule has 0 unspecified atom stereocenters. The Morgan fingerprint density at radius 3 is 2.96 bits per heavy atom. The van der Waals surface area contributed by atoms with Crippen molar-refractivity contribution >= 4 is 28.1 Å². The smallest absolute Gasteiger partial charge is 0.254 e. The molecule has 3 aromatic rings. The van der Waals surface area contributed by atoms with Gasteiger partial charge in [-0.3, -0.25) is 9.78 Å². The first-order valence-corrected chi connectivity index (χ1v) is 8.72. The molecule has 0 saturated heterocycles. The van der Waals surface area contributed by atoms with Gasteiger partial charge in [-0.1, -0.05) is 11.6 Å². The molecular weight excluding hydrogens is 304 g/mol. The fourth-order valence-corrected chi connectivity index (χ4v) is 4.13. The minimum absolute atomic E-state index is 0.114. The van der Waals surface area contributed by atoms with Crippen molar-refractivity contribution in [3.8, 4) is 0 Å². The van der Waals surface area contributed by atoms with E-state index in [2.05, 4.69) is 22.5 Å². The lowest BCUT2D eigenvalue weighted by molar-refractivity contribution is 0.0737. The molecule has 0 spiro atoms. The summed E-state index contributed by atoms with van der Waals surface area (Å²) < 4.78 is 0. The second kappa shape index (κ2) is 5.46. The maximum Gasteiger partial charge on any atom is 0.254 e. The molecule has 0 atom stereocenters. The number of fused-ring (bicyclic) bond motifs is 2. The third-order valence-electron chi connectivity index (χ3n) is 4.42. The number of aryl methyl sites for hydroxylation is 2. The van der Waals surface area contributed by atoms with E-state index in [0.717, 1.165) is 40.7 Å². The number of carbonyl (C=O) groups excluding carboxylic acids is 1. The summed E-state index contributed by atoms with van der Waals surface area (Å²) in [6.07, 6.45) is 0.958. The standard InChI is InChI=1S/C19H18N2OS/c1-12-3-4-17-15(9-12)16(10-13(2)20-17)19(22)21-7-5-18-14(11-21)6-8-23-18/h3-4,6,8-10H,5,7,11H2,1-2H3. The summed E-state index contributed by atoms with van der Waals surface area (Å²) in [7, 11) is 0. The lowest BCUT2D eigenvalue weighted by Gasteiger charge is -2.27. The van der Waals surface area contributed by atoms with Gasteiger partial charge >= 0.3 is 0 Å². The van der Waals surface area contributed by atoms with Crippen molar-refractivity contribution in [3.63, 3.8) is 0 Å². The number of rotatable bonds is 1. The van der Waals surface area contributed by atoms with Crippen molar-refractivity contribution in [2.24, 2.45) is 0 Å². The van der Waals surface area contributed by atoms with Crippen LogP contribution in [0.5, 0.6) is 0 Å². The van der Waals surface area contributed by atoms with Crippen LogP contribution in [0, 0.1) is 13.8 Å². The molecule has 0 saturated carbocycles. The lowest BCUT2D eigenvalue weighted by Crippen LogP contribution is -2.35. The minimum atomic E-state index is 0.114. The Morgan fingerprint density at radius 2 is 2.09 bits per heavy atom. The summed E-state index contributed by atoms with van der Waals surface area (Å²) in [5, 5.41) is 3.07. The van der Waals surface area contributed by atoms with Gasteiger partial charge in [0.1, 0.15) is 0 Å².